The Balaban J connectivity index is 0.00000341. The van der Waals surface area contributed by atoms with E-state index in [9.17, 15) is 9.18 Å². The molecule has 1 saturated carbocycles. The molecule has 3 rings (SSSR count). The first-order valence-corrected chi connectivity index (χ1v) is 10.9. The van der Waals surface area contributed by atoms with E-state index >= 15 is 0 Å². The van der Waals surface area contributed by atoms with Crippen molar-refractivity contribution < 1.29 is 13.9 Å². The van der Waals surface area contributed by atoms with E-state index in [2.05, 4.69) is 20.5 Å². The van der Waals surface area contributed by atoms with Gasteiger partial charge < -0.3 is 20.3 Å². The van der Waals surface area contributed by atoms with E-state index in [0.717, 1.165) is 58.1 Å². The number of nitrogens with zero attached hydrogens (tertiary/aromatic N) is 3. The van der Waals surface area contributed by atoms with E-state index in [4.69, 9.17) is 4.74 Å². The molecule has 0 spiro atoms. The number of ether oxygens (including phenoxy) is 1. The van der Waals surface area contributed by atoms with Crippen molar-refractivity contribution in [2.24, 2.45) is 10.9 Å². The lowest BCUT2D eigenvalue weighted by Gasteiger charge is -2.38. The number of halogens is 2. The van der Waals surface area contributed by atoms with Crippen LogP contribution in [-0.2, 0) is 4.79 Å². The highest BCUT2D eigenvalue weighted by Gasteiger charge is 2.30. The molecule has 1 atom stereocenters. The minimum Gasteiger partial charge on any atom is -0.489 e. The van der Waals surface area contributed by atoms with Gasteiger partial charge in [-0.1, -0.05) is 6.42 Å². The summed E-state index contributed by atoms with van der Waals surface area (Å²) in [6.45, 7) is 7.74. The van der Waals surface area contributed by atoms with Crippen LogP contribution in [0.4, 0.5) is 4.39 Å². The number of carbonyl (C=O) groups excluding carboxylic acids is 1. The van der Waals surface area contributed by atoms with Crippen LogP contribution < -0.4 is 15.4 Å². The van der Waals surface area contributed by atoms with Crippen molar-refractivity contribution >= 4 is 35.8 Å². The van der Waals surface area contributed by atoms with Gasteiger partial charge in [-0.25, -0.2) is 4.39 Å². The van der Waals surface area contributed by atoms with Crippen LogP contribution in [0.15, 0.2) is 29.3 Å². The molecule has 1 aliphatic heterocycles. The summed E-state index contributed by atoms with van der Waals surface area (Å²) in [6, 6.07) is 6.02. The van der Waals surface area contributed by atoms with E-state index in [1.807, 2.05) is 11.8 Å². The summed E-state index contributed by atoms with van der Waals surface area (Å²) in [7, 11) is 1.74. The van der Waals surface area contributed by atoms with Crippen LogP contribution in [0, 0.1) is 11.7 Å². The van der Waals surface area contributed by atoms with Crippen LogP contribution in [0.5, 0.6) is 5.75 Å². The van der Waals surface area contributed by atoms with E-state index < -0.39 is 0 Å². The van der Waals surface area contributed by atoms with Crippen LogP contribution in [0.3, 0.4) is 0 Å². The maximum atomic E-state index is 13.0. The third-order valence-corrected chi connectivity index (χ3v) is 5.79. The lowest BCUT2D eigenvalue weighted by Crippen LogP contribution is -2.52. The van der Waals surface area contributed by atoms with Crippen molar-refractivity contribution in [1.29, 1.82) is 0 Å². The summed E-state index contributed by atoms with van der Waals surface area (Å²) >= 11 is 0. The first kappa shape index (κ1) is 25.6. The molecule has 1 aliphatic carbocycles. The number of piperazine rings is 1. The van der Waals surface area contributed by atoms with Crippen molar-refractivity contribution in [3.8, 4) is 5.75 Å². The number of hydrogen-bond acceptors (Lipinski definition) is 4. The predicted molar refractivity (Wildman–Crippen MR) is 132 cm³/mol. The first-order valence-electron chi connectivity index (χ1n) is 10.9. The normalized spacial score (nSPS) is 18.5. The molecule has 174 valence electrons. The number of aliphatic imine (C=N–C) groups is 1. The van der Waals surface area contributed by atoms with Crippen molar-refractivity contribution in [3.63, 3.8) is 0 Å². The molecule has 2 N–H and O–H groups in total. The smallest absolute Gasteiger partial charge is 0.225 e. The summed E-state index contributed by atoms with van der Waals surface area (Å²) in [5, 5.41) is 6.58. The minimum atomic E-state index is -0.274. The van der Waals surface area contributed by atoms with Gasteiger partial charge in [-0.05, 0) is 44.0 Å². The fourth-order valence-electron chi connectivity index (χ4n) is 3.69. The number of carbonyl (C=O) groups is 1. The molecule has 7 nitrogen and oxygen atoms in total. The van der Waals surface area contributed by atoms with Crippen LogP contribution in [-0.4, -0.2) is 80.6 Å². The summed E-state index contributed by atoms with van der Waals surface area (Å²) in [4.78, 5) is 21.0. The molecule has 1 saturated heterocycles. The van der Waals surface area contributed by atoms with Crippen molar-refractivity contribution in [2.45, 2.75) is 32.3 Å². The molecule has 1 unspecified atom stereocenters. The zero-order valence-corrected chi connectivity index (χ0v) is 20.8. The van der Waals surface area contributed by atoms with Gasteiger partial charge in [-0.15, -0.1) is 24.0 Å². The van der Waals surface area contributed by atoms with E-state index in [0.29, 0.717) is 24.1 Å². The van der Waals surface area contributed by atoms with E-state index in [1.54, 1.807) is 19.2 Å². The van der Waals surface area contributed by atoms with E-state index in [1.165, 1.54) is 18.6 Å². The SMILES string of the molecule is CN=C(NCCN1CCN(C(=O)C2CCC2)CC1)NCC(C)Oc1ccc(F)cc1.I. The minimum absolute atomic E-state index is 0. The Morgan fingerprint density at radius 2 is 1.87 bits per heavy atom. The third-order valence-electron chi connectivity index (χ3n) is 5.79. The van der Waals surface area contributed by atoms with Gasteiger partial charge in [0.1, 0.15) is 17.7 Å². The first-order chi connectivity index (χ1) is 14.5. The van der Waals surface area contributed by atoms with Crippen molar-refractivity contribution in [3.05, 3.63) is 30.1 Å². The number of rotatable bonds is 8. The molecule has 0 aromatic heterocycles. The Kier molecular flexibility index (Phi) is 10.8. The maximum Gasteiger partial charge on any atom is 0.225 e. The molecular weight excluding hydrogens is 512 g/mol. The van der Waals surface area contributed by atoms with Gasteiger partial charge in [0.05, 0.1) is 6.54 Å². The highest BCUT2D eigenvalue weighted by molar-refractivity contribution is 14.0. The quantitative estimate of drug-likeness (QED) is 0.297. The number of hydrogen-bond donors (Lipinski definition) is 2. The number of nitrogens with one attached hydrogen (secondary N) is 2. The van der Waals surface area contributed by atoms with Crippen molar-refractivity contribution in [1.82, 2.24) is 20.4 Å². The summed E-state index contributed by atoms with van der Waals surface area (Å²) < 4.78 is 18.7. The van der Waals surface area contributed by atoms with Crippen LogP contribution >= 0.6 is 24.0 Å². The Labute approximate surface area is 201 Å². The average molecular weight is 547 g/mol. The fraction of sp³-hybridized carbons (Fsp3) is 0.636. The second kappa shape index (κ2) is 13.0. The summed E-state index contributed by atoms with van der Waals surface area (Å²) in [5.74, 6) is 1.75. The summed E-state index contributed by atoms with van der Waals surface area (Å²) in [5.41, 5.74) is 0. The maximum absolute atomic E-state index is 13.0. The summed E-state index contributed by atoms with van der Waals surface area (Å²) in [6.07, 6.45) is 3.26. The highest BCUT2D eigenvalue weighted by Crippen LogP contribution is 2.28. The second-order valence-electron chi connectivity index (χ2n) is 8.06. The van der Waals surface area contributed by atoms with Gasteiger partial charge in [0.2, 0.25) is 5.91 Å². The molecule has 2 fully saturated rings. The van der Waals surface area contributed by atoms with Gasteiger partial charge in [0.15, 0.2) is 5.96 Å². The van der Waals surface area contributed by atoms with Gasteiger partial charge in [-0.3, -0.25) is 14.7 Å². The second-order valence-corrected chi connectivity index (χ2v) is 8.06. The standard InChI is InChI=1S/C22H34FN5O2.HI/c1-17(30-20-8-6-19(23)7-9-20)16-26-22(24-2)25-10-11-27-12-14-28(15-13-27)21(29)18-4-3-5-18;/h6-9,17-18H,3-5,10-16H2,1-2H3,(H2,24,25,26);1H. The molecule has 9 heteroatoms. The van der Waals surface area contributed by atoms with E-state index in [-0.39, 0.29) is 35.9 Å². The van der Waals surface area contributed by atoms with Gasteiger partial charge in [0, 0.05) is 52.2 Å². The number of guanidine groups is 1. The van der Waals surface area contributed by atoms with Gasteiger partial charge >= 0.3 is 0 Å². The number of benzene rings is 1. The number of amides is 1. The van der Waals surface area contributed by atoms with Crippen molar-refractivity contribution in [2.75, 3.05) is 52.9 Å². The zero-order valence-electron chi connectivity index (χ0n) is 18.5. The molecule has 2 aliphatic rings. The van der Waals surface area contributed by atoms with Crippen LogP contribution in [0.2, 0.25) is 0 Å². The molecule has 1 heterocycles. The third kappa shape index (κ3) is 8.10. The molecule has 31 heavy (non-hydrogen) atoms. The Morgan fingerprint density at radius 3 is 2.45 bits per heavy atom. The van der Waals surface area contributed by atoms with Crippen LogP contribution in [0.25, 0.3) is 0 Å². The Hall–Kier alpha value is -1.62. The topological polar surface area (TPSA) is 69.2 Å². The monoisotopic (exact) mass is 547 g/mol. The molecular formula is C22H35FIN5O2. The molecule has 0 bridgehead atoms. The highest BCUT2D eigenvalue weighted by atomic mass is 127. The Bertz CT molecular complexity index is 706. The van der Waals surface area contributed by atoms with Crippen LogP contribution in [0.1, 0.15) is 26.2 Å². The zero-order chi connectivity index (χ0) is 21.3. The Morgan fingerprint density at radius 1 is 1.19 bits per heavy atom. The largest absolute Gasteiger partial charge is 0.489 e. The van der Waals surface area contributed by atoms with Gasteiger partial charge in [0.25, 0.3) is 0 Å². The predicted octanol–water partition coefficient (Wildman–Crippen LogP) is 2.32. The molecule has 1 aromatic rings. The molecule has 1 aromatic carbocycles. The molecule has 0 radical (unpaired) electrons. The lowest BCUT2D eigenvalue weighted by molar-refractivity contribution is -0.139. The lowest BCUT2D eigenvalue weighted by atomic mass is 9.84. The van der Waals surface area contributed by atoms with Gasteiger partial charge in [-0.2, -0.15) is 0 Å². The fourth-order valence-corrected chi connectivity index (χ4v) is 3.69. The molecule has 1 amide bonds. The average Bonchev–Trinajstić information content (AvgIpc) is 2.71.